The number of sulfonamides is 1. The van der Waals surface area contributed by atoms with E-state index in [1.165, 1.54) is 0 Å². The molecule has 4 nitrogen and oxygen atoms in total. The quantitative estimate of drug-likeness (QED) is 0.639. The van der Waals surface area contributed by atoms with Crippen LogP contribution in [-0.2, 0) is 10.0 Å². The van der Waals surface area contributed by atoms with Gasteiger partial charge in [-0.05, 0) is 19.3 Å². The van der Waals surface area contributed by atoms with Crippen molar-refractivity contribution in [2.24, 2.45) is 0 Å². The highest BCUT2D eigenvalue weighted by Crippen LogP contribution is 2.31. The first-order valence-corrected chi connectivity index (χ1v) is 5.27. The van der Waals surface area contributed by atoms with Crippen LogP contribution in [-0.4, -0.2) is 20.2 Å². The third kappa shape index (κ3) is 1.91. The third-order valence-electron chi connectivity index (χ3n) is 1.80. The molecule has 0 heterocycles. The molecule has 0 saturated heterocycles. The Morgan fingerprint density at radius 3 is 2.18 bits per heavy atom. The molecule has 0 aromatic carbocycles. The number of hydrogen-bond donors (Lipinski definition) is 1. The first-order chi connectivity index (χ1) is 4.97. The maximum absolute atomic E-state index is 10.7. The van der Waals surface area contributed by atoms with Gasteiger partial charge in [0.15, 0.2) is 0 Å². The van der Waals surface area contributed by atoms with Gasteiger partial charge < -0.3 is 0 Å². The Hall–Kier alpha value is -0.600. The summed E-state index contributed by atoms with van der Waals surface area (Å²) in [6.45, 7) is 0. The van der Waals surface area contributed by atoms with Crippen LogP contribution in [0, 0.1) is 11.3 Å². The predicted molar refractivity (Wildman–Crippen MR) is 40.2 cm³/mol. The largest absolute Gasteiger partial charge is 0.213 e. The lowest BCUT2D eigenvalue weighted by molar-refractivity contribution is 0.297. The van der Waals surface area contributed by atoms with Gasteiger partial charge in [0, 0.05) is 0 Å². The molecule has 0 spiro atoms. The second-order valence-electron chi connectivity index (χ2n) is 2.92. The van der Waals surface area contributed by atoms with E-state index in [4.69, 9.17) is 5.26 Å². The van der Waals surface area contributed by atoms with Crippen molar-refractivity contribution in [1.29, 1.82) is 5.26 Å². The van der Waals surface area contributed by atoms with Crippen LogP contribution in [0.4, 0.5) is 0 Å². The van der Waals surface area contributed by atoms with Crippen LogP contribution in [0.5, 0.6) is 0 Å². The Kier molecular flexibility index (Phi) is 1.90. The van der Waals surface area contributed by atoms with E-state index in [0.29, 0.717) is 12.8 Å². The molecular weight excluding hydrogens is 164 g/mol. The molecule has 11 heavy (non-hydrogen) atoms. The van der Waals surface area contributed by atoms with E-state index < -0.39 is 15.6 Å². The zero-order valence-corrected chi connectivity index (χ0v) is 7.11. The van der Waals surface area contributed by atoms with Gasteiger partial charge in [-0.25, -0.2) is 8.42 Å². The molecule has 0 radical (unpaired) electrons. The standard InChI is InChI=1S/C6H10N2O2S/c1-11(9,10)8-6(5-7)3-2-4-6/h8H,2-4H2,1H3. The molecule has 0 atom stereocenters. The molecule has 0 aromatic heterocycles. The number of nitrogens with one attached hydrogen (secondary N) is 1. The van der Waals surface area contributed by atoms with Crippen LogP contribution in [0.25, 0.3) is 0 Å². The lowest BCUT2D eigenvalue weighted by atomic mass is 9.79. The Bertz CT molecular complexity index is 284. The Morgan fingerprint density at radius 1 is 1.55 bits per heavy atom. The Labute approximate surface area is 66.3 Å². The molecule has 0 aliphatic heterocycles. The van der Waals surface area contributed by atoms with Crippen molar-refractivity contribution in [2.75, 3.05) is 6.26 Å². The summed E-state index contributed by atoms with van der Waals surface area (Å²) in [7, 11) is -3.23. The molecule has 0 aromatic rings. The lowest BCUT2D eigenvalue weighted by Gasteiger charge is -2.34. The summed E-state index contributed by atoms with van der Waals surface area (Å²) >= 11 is 0. The summed E-state index contributed by atoms with van der Waals surface area (Å²) in [5, 5.41) is 8.62. The molecule has 1 saturated carbocycles. The van der Waals surface area contributed by atoms with E-state index in [1.54, 1.807) is 0 Å². The highest BCUT2D eigenvalue weighted by Gasteiger charge is 2.39. The minimum absolute atomic E-state index is 0.635. The summed E-state index contributed by atoms with van der Waals surface area (Å²) in [4.78, 5) is 0. The van der Waals surface area contributed by atoms with Gasteiger partial charge in [-0.1, -0.05) is 0 Å². The van der Waals surface area contributed by atoms with Gasteiger partial charge in [0.05, 0.1) is 12.3 Å². The van der Waals surface area contributed by atoms with E-state index in [-0.39, 0.29) is 0 Å². The van der Waals surface area contributed by atoms with Gasteiger partial charge in [-0.2, -0.15) is 9.98 Å². The monoisotopic (exact) mass is 174 g/mol. The molecule has 1 rings (SSSR count). The van der Waals surface area contributed by atoms with Crippen LogP contribution in [0.1, 0.15) is 19.3 Å². The highest BCUT2D eigenvalue weighted by molar-refractivity contribution is 7.88. The van der Waals surface area contributed by atoms with Gasteiger partial charge >= 0.3 is 0 Å². The molecule has 0 bridgehead atoms. The maximum atomic E-state index is 10.7. The van der Waals surface area contributed by atoms with Crippen LogP contribution in [0.15, 0.2) is 0 Å². The Morgan fingerprint density at radius 2 is 2.09 bits per heavy atom. The summed E-state index contributed by atoms with van der Waals surface area (Å²) in [6.07, 6.45) is 3.27. The van der Waals surface area contributed by atoms with Gasteiger partial charge in [0.2, 0.25) is 10.0 Å². The topological polar surface area (TPSA) is 70.0 Å². The van der Waals surface area contributed by atoms with Gasteiger partial charge in [0.1, 0.15) is 5.54 Å². The predicted octanol–water partition coefficient (Wildman–Crippen LogP) is -0.0181. The van der Waals surface area contributed by atoms with Crippen molar-refractivity contribution >= 4 is 10.0 Å². The third-order valence-corrected chi connectivity index (χ3v) is 2.56. The molecule has 62 valence electrons. The van der Waals surface area contributed by atoms with Crippen LogP contribution in [0.3, 0.4) is 0 Å². The van der Waals surface area contributed by atoms with E-state index in [0.717, 1.165) is 12.7 Å². The first-order valence-electron chi connectivity index (χ1n) is 3.38. The second kappa shape index (κ2) is 2.47. The van der Waals surface area contributed by atoms with Crippen LogP contribution < -0.4 is 4.72 Å². The van der Waals surface area contributed by atoms with E-state index in [2.05, 4.69) is 4.72 Å². The molecule has 1 aliphatic rings. The highest BCUT2D eigenvalue weighted by atomic mass is 32.2. The van der Waals surface area contributed by atoms with Crippen molar-refractivity contribution in [2.45, 2.75) is 24.8 Å². The fourth-order valence-electron chi connectivity index (χ4n) is 1.12. The van der Waals surface area contributed by atoms with Crippen molar-refractivity contribution in [3.63, 3.8) is 0 Å². The zero-order valence-electron chi connectivity index (χ0n) is 6.29. The van der Waals surface area contributed by atoms with Crippen molar-refractivity contribution in [3.05, 3.63) is 0 Å². The zero-order chi connectivity index (χ0) is 8.54. The van der Waals surface area contributed by atoms with E-state index >= 15 is 0 Å². The normalized spacial score (nSPS) is 21.8. The molecule has 1 fully saturated rings. The summed E-state index contributed by atoms with van der Waals surface area (Å²) in [5.41, 5.74) is -0.784. The maximum Gasteiger partial charge on any atom is 0.210 e. The van der Waals surface area contributed by atoms with Crippen molar-refractivity contribution in [1.82, 2.24) is 4.72 Å². The average Bonchev–Trinajstić information content (AvgIpc) is 1.77. The number of nitriles is 1. The van der Waals surface area contributed by atoms with Crippen LogP contribution in [0.2, 0.25) is 0 Å². The molecule has 1 aliphatic carbocycles. The minimum atomic E-state index is -3.23. The minimum Gasteiger partial charge on any atom is -0.213 e. The molecular formula is C6H10N2O2S. The van der Waals surface area contributed by atoms with Gasteiger partial charge in [0.25, 0.3) is 0 Å². The van der Waals surface area contributed by atoms with Crippen LogP contribution >= 0.6 is 0 Å². The Balaban J connectivity index is 2.69. The molecule has 0 amide bonds. The lowest BCUT2D eigenvalue weighted by Crippen LogP contribution is -2.51. The van der Waals surface area contributed by atoms with E-state index in [9.17, 15) is 8.42 Å². The van der Waals surface area contributed by atoms with E-state index in [1.807, 2.05) is 6.07 Å². The SMILES string of the molecule is CS(=O)(=O)NC1(C#N)CCC1. The second-order valence-corrected chi connectivity index (χ2v) is 4.67. The van der Waals surface area contributed by atoms with Gasteiger partial charge in [-0.3, -0.25) is 0 Å². The van der Waals surface area contributed by atoms with Crippen molar-refractivity contribution in [3.8, 4) is 6.07 Å². The fraction of sp³-hybridized carbons (Fsp3) is 0.833. The number of rotatable bonds is 2. The fourth-order valence-corrected chi connectivity index (χ4v) is 2.08. The summed E-state index contributed by atoms with van der Waals surface area (Å²) < 4.78 is 23.8. The molecule has 1 N–H and O–H groups in total. The average molecular weight is 174 g/mol. The van der Waals surface area contributed by atoms with Crippen molar-refractivity contribution < 1.29 is 8.42 Å². The first kappa shape index (κ1) is 8.50. The number of nitrogens with zero attached hydrogens (tertiary/aromatic N) is 1. The molecule has 5 heteroatoms. The summed E-state index contributed by atoms with van der Waals surface area (Å²) in [6, 6.07) is 1.98. The number of hydrogen-bond acceptors (Lipinski definition) is 3. The smallest absolute Gasteiger partial charge is 0.210 e. The molecule has 0 unspecified atom stereocenters. The summed E-state index contributed by atoms with van der Waals surface area (Å²) in [5.74, 6) is 0. The van der Waals surface area contributed by atoms with Gasteiger partial charge in [-0.15, -0.1) is 0 Å².